The normalized spacial score (nSPS) is 18.4. The molecule has 1 fully saturated rings. The summed E-state index contributed by atoms with van der Waals surface area (Å²) in [4.78, 5) is 17.2. The van der Waals surface area contributed by atoms with Crippen LogP contribution >= 0.6 is 27.5 Å². The van der Waals surface area contributed by atoms with Gasteiger partial charge in [-0.2, -0.15) is 0 Å². The molecule has 2 aliphatic rings. The molecule has 1 amide bonds. The van der Waals surface area contributed by atoms with Crippen LogP contribution in [0.3, 0.4) is 0 Å². The number of hydrogen-bond donors (Lipinski definition) is 0. The highest BCUT2D eigenvalue weighted by Gasteiger charge is 2.32. The van der Waals surface area contributed by atoms with Crippen molar-refractivity contribution in [2.75, 3.05) is 26.2 Å². The Hall–Kier alpha value is -2.66. The number of rotatable bonds is 3. The summed E-state index contributed by atoms with van der Waals surface area (Å²) in [5, 5.41) is 0.735. The molecule has 5 heteroatoms. The highest BCUT2D eigenvalue weighted by molar-refractivity contribution is 9.15. The lowest BCUT2D eigenvalue weighted by Gasteiger charge is -2.40. The number of carbonyl (C=O) groups is 1. The zero-order chi connectivity index (χ0) is 22.8. The Morgan fingerprint density at radius 1 is 0.909 bits per heavy atom. The van der Waals surface area contributed by atoms with Gasteiger partial charge in [-0.3, -0.25) is 9.69 Å². The largest absolute Gasteiger partial charge is 0.337 e. The van der Waals surface area contributed by atoms with Gasteiger partial charge in [0.05, 0.1) is 6.04 Å². The van der Waals surface area contributed by atoms with Crippen LogP contribution in [0.25, 0.3) is 16.6 Å². The number of fused-ring (bicyclic) bond motifs is 2. The van der Waals surface area contributed by atoms with Gasteiger partial charge in [-0.15, -0.1) is 0 Å². The molecule has 0 saturated carbocycles. The maximum absolute atomic E-state index is 12.8. The molecule has 1 aliphatic heterocycles. The number of carbonyl (C=O) groups excluding carboxylic acids is 1. The van der Waals surface area contributed by atoms with E-state index in [9.17, 15) is 4.79 Å². The highest BCUT2D eigenvalue weighted by Crippen LogP contribution is 2.42. The van der Waals surface area contributed by atoms with Gasteiger partial charge in [-0.25, -0.2) is 0 Å². The summed E-state index contributed by atoms with van der Waals surface area (Å²) in [5.41, 5.74) is 5.85. The van der Waals surface area contributed by atoms with Crippen molar-refractivity contribution in [1.82, 2.24) is 9.80 Å². The first-order chi connectivity index (χ1) is 16.1. The topological polar surface area (TPSA) is 23.6 Å². The summed E-state index contributed by atoms with van der Waals surface area (Å²) in [5.74, 6) is 0.0626. The third-order valence-electron chi connectivity index (χ3n) is 6.35. The van der Waals surface area contributed by atoms with Gasteiger partial charge in [0.2, 0.25) is 5.91 Å². The van der Waals surface area contributed by atoms with Crippen molar-refractivity contribution in [2.45, 2.75) is 6.04 Å². The molecule has 0 spiro atoms. The van der Waals surface area contributed by atoms with E-state index in [0.29, 0.717) is 13.1 Å². The zero-order valence-corrected chi connectivity index (χ0v) is 20.5. The van der Waals surface area contributed by atoms with Crippen LogP contribution in [-0.4, -0.2) is 41.9 Å². The van der Waals surface area contributed by atoms with Crippen LogP contribution in [-0.2, 0) is 4.79 Å². The number of nitrogens with zero attached hydrogens (tertiary/aromatic N) is 2. The smallest absolute Gasteiger partial charge is 0.246 e. The Morgan fingerprint density at radius 3 is 2.42 bits per heavy atom. The van der Waals surface area contributed by atoms with Crippen LogP contribution in [0, 0.1) is 0 Å². The average molecular weight is 520 g/mol. The molecule has 1 heterocycles. The average Bonchev–Trinajstić information content (AvgIpc) is 2.96. The summed E-state index contributed by atoms with van der Waals surface area (Å²) in [6, 6.07) is 24.7. The molecule has 166 valence electrons. The van der Waals surface area contributed by atoms with Crippen molar-refractivity contribution < 1.29 is 4.79 Å². The van der Waals surface area contributed by atoms with Crippen LogP contribution in [0.1, 0.15) is 33.9 Å². The fraction of sp³-hybridized carbons (Fsp3) is 0.179. The van der Waals surface area contributed by atoms with Gasteiger partial charge in [-0.05, 0) is 52.1 Å². The molecule has 0 N–H and O–H groups in total. The van der Waals surface area contributed by atoms with Gasteiger partial charge in [0.1, 0.15) is 0 Å². The van der Waals surface area contributed by atoms with E-state index >= 15 is 0 Å². The van der Waals surface area contributed by atoms with E-state index in [2.05, 4.69) is 63.3 Å². The third kappa shape index (κ3) is 4.70. The van der Waals surface area contributed by atoms with Crippen molar-refractivity contribution in [3.8, 4) is 0 Å². The first-order valence-corrected chi connectivity index (χ1v) is 12.3. The monoisotopic (exact) mass is 518 g/mol. The van der Waals surface area contributed by atoms with E-state index in [1.165, 1.54) is 16.7 Å². The van der Waals surface area contributed by atoms with Crippen LogP contribution in [0.4, 0.5) is 0 Å². The first kappa shape index (κ1) is 22.1. The molecule has 5 rings (SSSR count). The summed E-state index contributed by atoms with van der Waals surface area (Å²) in [7, 11) is 0. The molecule has 0 aromatic heterocycles. The Labute approximate surface area is 208 Å². The van der Waals surface area contributed by atoms with E-state index in [1.54, 1.807) is 6.08 Å². The summed E-state index contributed by atoms with van der Waals surface area (Å²) in [6.07, 6.45) is 5.76. The van der Waals surface area contributed by atoms with E-state index in [-0.39, 0.29) is 11.9 Å². The van der Waals surface area contributed by atoms with E-state index < -0.39 is 0 Å². The number of piperazine rings is 1. The predicted octanol–water partition coefficient (Wildman–Crippen LogP) is 6.49. The van der Waals surface area contributed by atoms with E-state index in [4.69, 9.17) is 11.6 Å². The van der Waals surface area contributed by atoms with Gasteiger partial charge >= 0.3 is 0 Å². The molecule has 3 nitrogen and oxygen atoms in total. The molecular formula is C28H24BrClN2O. The van der Waals surface area contributed by atoms with Gasteiger partial charge in [0, 0.05) is 41.8 Å². The van der Waals surface area contributed by atoms with E-state index in [0.717, 1.165) is 33.7 Å². The Morgan fingerprint density at radius 2 is 1.64 bits per heavy atom. The molecule has 3 aromatic rings. The molecule has 3 aromatic carbocycles. The van der Waals surface area contributed by atoms with Crippen molar-refractivity contribution >= 4 is 50.1 Å². The number of halogens is 2. The van der Waals surface area contributed by atoms with Crippen molar-refractivity contribution in [3.63, 3.8) is 0 Å². The molecule has 1 saturated heterocycles. The second-order valence-electron chi connectivity index (χ2n) is 8.36. The standard InChI is InChI=1S/C28H24BrClN2O/c29-26-18-21-8-4-5-9-23(21)28(25-19-22(30)11-12-24(25)26)32-16-14-31(15-17-32)27(33)13-10-20-6-2-1-3-7-20/h1-13,18-19,28H,14-17H2. The lowest BCUT2D eigenvalue weighted by Crippen LogP contribution is -2.49. The lowest BCUT2D eigenvalue weighted by atomic mass is 9.92. The minimum atomic E-state index is 0.0626. The molecular weight excluding hydrogens is 496 g/mol. The second kappa shape index (κ2) is 9.68. The lowest BCUT2D eigenvalue weighted by molar-refractivity contribution is -0.127. The van der Waals surface area contributed by atoms with Crippen LogP contribution in [0.2, 0.25) is 5.02 Å². The van der Waals surface area contributed by atoms with Crippen molar-refractivity contribution in [1.29, 1.82) is 0 Å². The van der Waals surface area contributed by atoms with Crippen molar-refractivity contribution in [2.24, 2.45) is 0 Å². The minimum absolute atomic E-state index is 0.0626. The third-order valence-corrected chi connectivity index (χ3v) is 7.24. The quantitative estimate of drug-likeness (QED) is 0.369. The minimum Gasteiger partial charge on any atom is -0.337 e. The summed E-state index contributed by atoms with van der Waals surface area (Å²) in [6.45, 7) is 2.99. The maximum atomic E-state index is 12.8. The van der Waals surface area contributed by atoms with Gasteiger partial charge < -0.3 is 4.90 Å². The molecule has 0 bridgehead atoms. The number of amides is 1. The molecule has 0 radical (unpaired) electrons. The summed E-state index contributed by atoms with van der Waals surface area (Å²) < 4.78 is 1.06. The fourth-order valence-electron chi connectivity index (χ4n) is 4.68. The van der Waals surface area contributed by atoms with Gasteiger partial charge in [0.25, 0.3) is 0 Å². The predicted molar refractivity (Wildman–Crippen MR) is 140 cm³/mol. The number of benzene rings is 3. The van der Waals surface area contributed by atoms with Crippen molar-refractivity contribution in [3.05, 3.63) is 112 Å². The Bertz CT molecular complexity index is 1230. The molecule has 1 unspecified atom stereocenters. The zero-order valence-electron chi connectivity index (χ0n) is 18.1. The Kier molecular flexibility index (Phi) is 6.50. The van der Waals surface area contributed by atoms with Crippen LogP contribution in [0.15, 0.2) is 78.9 Å². The summed E-state index contributed by atoms with van der Waals surface area (Å²) >= 11 is 10.2. The SMILES string of the molecule is O=C(C=Cc1ccccc1)N1CCN(C2c3ccccc3C=C(Br)c3ccc(Cl)cc32)CC1. The highest BCUT2D eigenvalue weighted by atomic mass is 79.9. The van der Waals surface area contributed by atoms with Crippen LogP contribution < -0.4 is 0 Å². The second-order valence-corrected chi connectivity index (χ2v) is 9.65. The Balaban J connectivity index is 1.39. The van der Waals surface area contributed by atoms with E-state index in [1.807, 2.05) is 47.4 Å². The van der Waals surface area contributed by atoms with Gasteiger partial charge in [-0.1, -0.05) is 88.2 Å². The molecule has 1 atom stereocenters. The molecule has 1 aliphatic carbocycles. The first-order valence-electron chi connectivity index (χ1n) is 11.1. The number of hydrogen-bond acceptors (Lipinski definition) is 2. The van der Waals surface area contributed by atoms with Crippen LogP contribution in [0.5, 0.6) is 0 Å². The van der Waals surface area contributed by atoms with Gasteiger partial charge in [0.15, 0.2) is 0 Å². The maximum Gasteiger partial charge on any atom is 0.246 e. The fourth-order valence-corrected chi connectivity index (χ4v) is 5.47. The molecule has 33 heavy (non-hydrogen) atoms.